The van der Waals surface area contributed by atoms with E-state index in [1.807, 2.05) is 48.5 Å². The molecule has 0 fully saturated rings. The molecule has 2 aromatic rings. The van der Waals surface area contributed by atoms with Crippen LogP contribution in [0.1, 0.15) is 23.5 Å². The van der Waals surface area contributed by atoms with Gasteiger partial charge in [0.25, 0.3) is 0 Å². The van der Waals surface area contributed by atoms with Gasteiger partial charge in [0.15, 0.2) is 0 Å². The summed E-state index contributed by atoms with van der Waals surface area (Å²) >= 11 is 0. The SMILES string of the molecule is C=CCC(NC(=O)OCC1c2ccccc2-c2ccccc21)(C(=O)O)C(F)(F)F. The smallest absolute Gasteiger partial charge is 0.422 e. The molecule has 0 aromatic heterocycles. The van der Waals surface area contributed by atoms with Gasteiger partial charge in [0.05, 0.1) is 0 Å². The fourth-order valence-electron chi connectivity index (χ4n) is 3.52. The van der Waals surface area contributed by atoms with Crippen molar-refractivity contribution < 1.29 is 32.6 Å². The summed E-state index contributed by atoms with van der Waals surface area (Å²) in [5.41, 5.74) is 0.177. The number of carboxylic acids is 1. The molecule has 0 saturated carbocycles. The number of benzene rings is 2. The number of aliphatic carboxylic acids is 1. The highest BCUT2D eigenvalue weighted by Gasteiger charge is 2.61. The third-order valence-electron chi connectivity index (χ3n) is 4.96. The van der Waals surface area contributed by atoms with Crippen molar-refractivity contribution in [2.75, 3.05) is 6.61 Å². The largest absolute Gasteiger partial charge is 0.479 e. The van der Waals surface area contributed by atoms with E-state index in [9.17, 15) is 22.8 Å². The quantitative estimate of drug-likeness (QED) is 0.695. The lowest BCUT2D eigenvalue weighted by molar-refractivity contribution is -0.207. The lowest BCUT2D eigenvalue weighted by Crippen LogP contribution is -2.63. The molecule has 0 radical (unpaired) electrons. The highest BCUT2D eigenvalue weighted by molar-refractivity contribution is 5.86. The van der Waals surface area contributed by atoms with E-state index in [0.717, 1.165) is 28.3 Å². The molecular formula is C21H18F3NO4. The number of fused-ring (bicyclic) bond motifs is 3. The lowest BCUT2D eigenvalue weighted by atomic mass is 9.94. The van der Waals surface area contributed by atoms with Gasteiger partial charge in [0.2, 0.25) is 5.54 Å². The van der Waals surface area contributed by atoms with Gasteiger partial charge in [0.1, 0.15) is 6.61 Å². The van der Waals surface area contributed by atoms with E-state index in [-0.39, 0.29) is 12.5 Å². The van der Waals surface area contributed by atoms with Crippen molar-refractivity contribution in [3.8, 4) is 11.1 Å². The molecule has 0 saturated heterocycles. The number of carbonyl (C=O) groups excluding carboxylic acids is 1. The predicted molar refractivity (Wildman–Crippen MR) is 99.4 cm³/mol. The van der Waals surface area contributed by atoms with Crippen molar-refractivity contribution in [3.05, 3.63) is 72.3 Å². The fourth-order valence-corrected chi connectivity index (χ4v) is 3.52. The minimum Gasteiger partial charge on any atom is -0.479 e. The van der Waals surface area contributed by atoms with Gasteiger partial charge in [-0.2, -0.15) is 13.2 Å². The predicted octanol–water partition coefficient (Wildman–Crippen LogP) is 4.49. The van der Waals surface area contributed by atoms with Crippen LogP contribution in [0.25, 0.3) is 11.1 Å². The summed E-state index contributed by atoms with van der Waals surface area (Å²) in [6.45, 7) is 2.92. The highest BCUT2D eigenvalue weighted by atomic mass is 19.4. The van der Waals surface area contributed by atoms with Gasteiger partial charge >= 0.3 is 18.2 Å². The molecule has 1 aliphatic carbocycles. The summed E-state index contributed by atoms with van der Waals surface area (Å²) < 4.78 is 45.3. The number of hydrogen-bond donors (Lipinski definition) is 2. The zero-order chi connectivity index (χ0) is 21.2. The van der Waals surface area contributed by atoms with Gasteiger partial charge < -0.3 is 9.84 Å². The number of alkyl carbamates (subject to hydrolysis) is 1. The van der Waals surface area contributed by atoms with Crippen molar-refractivity contribution in [1.82, 2.24) is 5.32 Å². The monoisotopic (exact) mass is 405 g/mol. The highest BCUT2D eigenvalue weighted by Crippen LogP contribution is 2.44. The van der Waals surface area contributed by atoms with Gasteiger partial charge in [-0.05, 0) is 22.3 Å². The van der Waals surface area contributed by atoms with Crippen molar-refractivity contribution in [1.29, 1.82) is 0 Å². The number of hydrogen-bond acceptors (Lipinski definition) is 3. The Bertz CT molecular complexity index is 911. The molecule has 0 spiro atoms. The number of rotatable bonds is 6. The van der Waals surface area contributed by atoms with E-state index in [2.05, 4.69) is 6.58 Å². The molecule has 3 rings (SSSR count). The molecule has 152 valence electrons. The molecule has 2 aromatic carbocycles. The molecule has 5 nitrogen and oxygen atoms in total. The summed E-state index contributed by atoms with van der Waals surface area (Å²) in [5.74, 6) is -2.60. The van der Waals surface area contributed by atoms with Crippen LogP contribution in [-0.4, -0.2) is 35.5 Å². The van der Waals surface area contributed by atoms with Crippen LogP contribution in [0.4, 0.5) is 18.0 Å². The first-order chi connectivity index (χ1) is 13.7. The first kappa shape index (κ1) is 20.4. The normalized spacial score (nSPS) is 15.0. The summed E-state index contributed by atoms with van der Waals surface area (Å²) in [6.07, 6.45) is -6.95. The summed E-state index contributed by atoms with van der Waals surface area (Å²) in [5, 5.41) is 10.6. The molecule has 1 unspecified atom stereocenters. The molecule has 8 heteroatoms. The van der Waals surface area contributed by atoms with Crippen LogP contribution in [0.2, 0.25) is 0 Å². The lowest BCUT2D eigenvalue weighted by Gasteiger charge is -2.31. The Morgan fingerprint density at radius 2 is 1.59 bits per heavy atom. The molecule has 0 aliphatic heterocycles. The first-order valence-electron chi connectivity index (χ1n) is 8.75. The summed E-state index contributed by atoms with van der Waals surface area (Å²) in [7, 11) is 0. The van der Waals surface area contributed by atoms with Gasteiger partial charge in [0, 0.05) is 12.3 Å². The topological polar surface area (TPSA) is 75.6 Å². The van der Waals surface area contributed by atoms with Crippen LogP contribution >= 0.6 is 0 Å². The summed E-state index contributed by atoms with van der Waals surface area (Å²) in [4.78, 5) is 23.5. The van der Waals surface area contributed by atoms with Crippen LogP contribution in [0.5, 0.6) is 0 Å². The van der Waals surface area contributed by atoms with Crippen LogP contribution in [0.3, 0.4) is 0 Å². The van der Waals surface area contributed by atoms with E-state index in [1.54, 1.807) is 0 Å². The van der Waals surface area contributed by atoms with E-state index in [4.69, 9.17) is 9.84 Å². The Kier molecular flexibility index (Phi) is 5.37. The number of ether oxygens (including phenoxy) is 1. The van der Waals surface area contributed by atoms with Crippen molar-refractivity contribution in [3.63, 3.8) is 0 Å². The molecule has 0 bridgehead atoms. The molecule has 0 heterocycles. The Hall–Kier alpha value is -3.29. The number of carbonyl (C=O) groups is 2. The number of carboxylic acid groups (broad SMARTS) is 1. The molecular weight excluding hydrogens is 387 g/mol. The zero-order valence-electron chi connectivity index (χ0n) is 15.2. The van der Waals surface area contributed by atoms with Gasteiger partial charge in [-0.1, -0.05) is 54.6 Å². The van der Waals surface area contributed by atoms with Crippen molar-refractivity contribution in [2.24, 2.45) is 0 Å². The van der Waals surface area contributed by atoms with Crippen molar-refractivity contribution >= 4 is 12.1 Å². The maximum atomic E-state index is 13.4. The molecule has 2 N–H and O–H groups in total. The zero-order valence-corrected chi connectivity index (χ0v) is 15.2. The molecule has 29 heavy (non-hydrogen) atoms. The van der Waals surface area contributed by atoms with E-state index in [0.29, 0.717) is 0 Å². The van der Waals surface area contributed by atoms with E-state index >= 15 is 0 Å². The maximum Gasteiger partial charge on any atom is 0.422 e. The van der Waals surface area contributed by atoms with Gasteiger partial charge in [-0.15, -0.1) is 6.58 Å². The Balaban J connectivity index is 1.80. The minimum absolute atomic E-state index is 0.235. The second-order valence-electron chi connectivity index (χ2n) is 6.65. The van der Waals surface area contributed by atoms with Crippen LogP contribution in [0, 0.1) is 0 Å². The second kappa shape index (κ2) is 7.62. The average molecular weight is 405 g/mol. The minimum atomic E-state index is -5.24. The third-order valence-corrected chi connectivity index (χ3v) is 4.96. The average Bonchev–Trinajstić information content (AvgIpc) is 2.99. The van der Waals surface area contributed by atoms with Crippen LogP contribution in [-0.2, 0) is 9.53 Å². The maximum absolute atomic E-state index is 13.4. The molecule has 1 atom stereocenters. The standard InChI is InChI=1S/C21H18F3NO4/c1-2-11-20(18(26)27,21(22,23)24)25-19(28)29-12-17-15-9-5-3-7-13(15)14-8-4-6-10-16(14)17/h2-10,17H,1,11-12H2,(H,25,28)(H,26,27). The van der Waals surface area contributed by atoms with E-state index < -0.39 is 30.2 Å². The van der Waals surface area contributed by atoms with E-state index in [1.165, 1.54) is 5.32 Å². The number of alkyl halides is 3. The third kappa shape index (κ3) is 3.57. The first-order valence-corrected chi connectivity index (χ1v) is 8.75. The Labute approximate surface area is 164 Å². The Morgan fingerprint density at radius 3 is 2.03 bits per heavy atom. The van der Waals surface area contributed by atoms with Crippen LogP contribution < -0.4 is 5.32 Å². The second-order valence-corrected chi connectivity index (χ2v) is 6.65. The number of nitrogens with one attached hydrogen (secondary N) is 1. The summed E-state index contributed by atoms with van der Waals surface area (Å²) in [6, 6.07) is 14.9. The molecule has 1 amide bonds. The number of amides is 1. The van der Waals surface area contributed by atoms with Gasteiger partial charge in [-0.25, -0.2) is 9.59 Å². The van der Waals surface area contributed by atoms with Crippen LogP contribution in [0.15, 0.2) is 61.2 Å². The molecule has 1 aliphatic rings. The fraction of sp³-hybridized carbons (Fsp3) is 0.238. The Morgan fingerprint density at radius 1 is 1.07 bits per heavy atom. The van der Waals surface area contributed by atoms with Crippen molar-refractivity contribution in [2.45, 2.75) is 24.1 Å². The van der Waals surface area contributed by atoms with Gasteiger partial charge in [-0.3, -0.25) is 5.32 Å². The number of halogens is 3.